The fourth-order valence-corrected chi connectivity index (χ4v) is 2.52. The normalized spacial score (nSPS) is 14.0. The van der Waals surface area contributed by atoms with E-state index in [9.17, 15) is 4.39 Å². The first-order valence-corrected chi connectivity index (χ1v) is 6.61. The number of rotatable bonds is 5. The van der Waals surface area contributed by atoms with Crippen LogP contribution >= 0.6 is 0 Å². The lowest BCUT2D eigenvalue weighted by atomic mass is 9.86. The second-order valence-corrected chi connectivity index (χ2v) is 5.33. The highest BCUT2D eigenvalue weighted by Crippen LogP contribution is 2.30. The number of hydrogen-bond donors (Lipinski definition) is 1. The van der Waals surface area contributed by atoms with E-state index in [1.54, 1.807) is 6.07 Å². The zero-order chi connectivity index (χ0) is 13.9. The standard InChI is InChI=1S/C15H25FN2/c1-6-18(7-2)15(4,5)14(17)12-10-11(3)8-9-13(12)16/h8-10,14H,6-7,17H2,1-5H3. The van der Waals surface area contributed by atoms with Gasteiger partial charge in [0.1, 0.15) is 5.82 Å². The molecule has 2 nitrogen and oxygen atoms in total. The maximum Gasteiger partial charge on any atom is 0.128 e. The SMILES string of the molecule is CCN(CC)C(C)(C)C(N)c1cc(C)ccc1F. The van der Waals surface area contributed by atoms with Crippen molar-refractivity contribution >= 4 is 0 Å². The van der Waals surface area contributed by atoms with E-state index < -0.39 is 0 Å². The first kappa shape index (κ1) is 15.1. The molecule has 102 valence electrons. The maximum absolute atomic E-state index is 13.9. The summed E-state index contributed by atoms with van der Waals surface area (Å²) in [5.74, 6) is -0.215. The van der Waals surface area contributed by atoms with Crippen LogP contribution in [-0.4, -0.2) is 23.5 Å². The predicted octanol–water partition coefficient (Wildman–Crippen LogP) is 3.25. The molecule has 0 aliphatic heterocycles. The van der Waals surface area contributed by atoms with E-state index in [0.29, 0.717) is 5.56 Å². The molecule has 1 rings (SSSR count). The molecule has 2 N–H and O–H groups in total. The summed E-state index contributed by atoms with van der Waals surface area (Å²) in [6.07, 6.45) is 0. The van der Waals surface area contributed by atoms with E-state index in [1.807, 2.05) is 13.0 Å². The molecule has 1 aromatic carbocycles. The number of nitrogens with two attached hydrogens (primary N) is 1. The quantitative estimate of drug-likeness (QED) is 0.871. The minimum atomic E-state index is -0.336. The van der Waals surface area contributed by atoms with Crippen molar-refractivity contribution < 1.29 is 4.39 Å². The molecule has 1 atom stereocenters. The van der Waals surface area contributed by atoms with Gasteiger partial charge in [-0.3, -0.25) is 4.90 Å². The number of benzene rings is 1. The Hall–Kier alpha value is -0.930. The lowest BCUT2D eigenvalue weighted by Crippen LogP contribution is -2.51. The average molecular weight is 252 g/mol. The highest BCUT2D eigenvalue weighted by atomic mass is 19.1. The lowest BCUT2D eigenvalue weighted by molar-refractivity contribution is 0.105. The van der Waals surface area contributed by atoms with Crippen molar-refractivity contribution in [2.24, 2.45) is 5.73 Å². The topological polar surface area (TPSA) is 29.3 Å². The minimum Gasteiger partial charge on any atom is -0.322 e. The van der Waals surface area contributed by atoms with Crippen LogP contribution in [-0.2, 0) is 0 Å². The van der Waals surface area contributed by atoms with Crippen LogP contribution < -0.4 is 5.73 Å². The van der Waals surface area contributed by atoms with Crippen LogP contribution in [0.1, 0.15) is 44.9 Å². The molecule has 0 fully saturated rings. The number of aryl methyl sites for hydroxylation is 1. The largest absolute Gasteiger partial charge is 0.322 e. The van der Waals surface area contributed by atoms with Gasteiger partial charge in [0.2, 0.25) is 0 Å². The molecular weight excluding hydrogens is 227 g/mol. The average Bonchev–Trinajstić information content (AvgIpc) is 2.32. The molecule has 1 unspecified atom stereocenters. The molecule has 0 aliphatic rings. The summed E-state index contributed by atoms with van der Waals surface area (Å²) in [7, 11) is 0. The van der Waals surface area contributed by atoms with Gasteiger partial charge in [0.05, 0.1) is 6.04 Å². The summed E-state index contributed by atoms with van der Waals surface area (Å²) in [6.45, 7) is 12.1. The molecule has 0 saturated heterocycles. The Labute approximate surface area is 110 Å². The van der Waals surface area contributed by atoms with E-state index in [4.69, 9.17) is 5.73 Å². The molecule has 0 aromatic heterocycles. The third-order valence-electron chi connectivity index (χ3n) is 3.83. The molecule has 0 radical (unpaired) electrons. The van der Waals surface area contributed by atoms with E-state index in [2.05, 4.69) is 32.6 Å². The zero-order valence-corrected chi connectivity index (χ0v) is 12.1. The number of likely N-dealkylation sites (N-methyl/N-ethyl adjacent to an activating group) is 1. The Morgan fingerprint density at radius 3 is 2.33 bits per heavy atom. The van der Waals surface area contributed by atoms with Gasteiger partial charge in [-0.25, -0.2) is 4.39 Å². The molecule has 18 heavy (non-hydrogen) atoms. The highest BCUT2D eigenvalue weighted by molar-refractivity contribution is 5.29. The molecule has 0 aliphatic carbocycles. The highest BCUT2D eigenvalue weighted by Gasteiger charge is 2.33. The molecule has 0 amide bonds. The van der Waals surface area contributed by atoms with E-state index in [-0.39, 0.29) is 17.4 Å². The van der Waals surface area contributed by atoms with Crippen molar-refractivity contribution in [3.05, 3.63) is 35.1 Å². The van der Waals surface area contributed by atoms with Crippen molar-refractivity contribution in [3.8, 4) is 0 Å². The first-order valence-electron chi connectivity index (χ1n) is 6.61. The third-order valence-corrected chi connectivity index (χ3v) is 3.83. The van der Waals surface area contributed by atoms with Gasteiger partial charge in [-0.05, 0) is 39.9 Å². The number of nitrogens with zero attached hydrogens (tertiary/aromatic N) is 1. The summed E-state index contributed by atoms with van der Waals surface area (Å²) >= 11 is 0. The van der Waals surface area contributed by atoms with Crippen LogP contribution in [0.15, 0.2) is 18.2 Å². The summed E-state index contributed by atoms with van der Waals surface area (Å²) in [4.78, 5) is 2.26. The molecule has 0 bridgehead atoms. The van der Waals surface area contributed by atoms with Crippen LogP contribution in [0.3, 0.4) is 0 Å². The van der Waals surface area contributed by atoms with Gasteiger partial charge in [0, 0.05) is 11.1 Å². The molecule has 0 spiro atoms. The van der Waals surface area contributed by atoms with E-state index in [0.717, 1.165) is 18.7 Å². The van der Waals surface area contributed by atoms with Gasteiger partial charge < -0.3 is 5.73 Å². The molecule has 3 heteroatoms. The minimum absolute atomic E-state index is 0.215. The summed E-state index contributed by atoms with van der Waals surface area (Å²) in [5.41, 5.74) is 7.69. The van der Waals surface area contributed by atoms with Crippen LogP contribution in [0.4, 0.5) is 4.39 Å². The fraction of sp³-hybridized carbons (Fsp3) is 0.600. The zero-order valence-electron chi connectivity index (χ0n) is 12.1. The fourth-order valence-electron chi connectivity index (χ4n) is 2.52. The first-order chi connectivity index (χ1) is 8.34. The number of halogens is 1. The second-order valence-electron chi connectivity index (χ2n) is 5.33. The molecule has 0 heterocycles. The Morgan fingerprint density at radius 1 is 1.28 bits per heavy atom. The van der Waals surface area contributed by atoms with Crippen LogP contribution in [0.2, 0.25) is 0 Å². The Morgan fingerprint density at radius 2 is 1.83 bits per heavy atom. The van der Waals surface area contributed by atoms with Gasteiger partial charge >= 0.3 is 0 Å². The van der Waals surface area contributed by atoms with Gasteiger partial charge in [0.25, 0.3) is 0 Å². The van der Waals surface area contributed by atoms with Crippen molar-refractivity contribution in [3.63, 3.8) is 0 Å². The van der Waals surface area contributed by atoms with E-state index >= 15 is 0 Å². The Bertz CT molecular complexity index is 397. The molecule has 0 saturated carbocycles. The van der Waals surface area contributed by atoms with Crippen molar-refractivity contribution in [2.75, 3.05) is 13.1 Å². The summed E-state index contributed by atoms with van der Waals surface area (Å²) in [6, 6.07) is 4.79. The molecular formula is C15H25FN2. The van der Waals surface area contributed by atoms with Gasteiger partial charge in [0.15, 0.2) is 0 Å². The third kappa shape index (κ3) is 2.90. The summed E-state index contributed by atoms with van der Waals surface area (Å²) in [5, 5.41) is 0. The lowest BCUT2D eigenvalue weighted by Gasteiger charge is -2.42. The molecule has 1 aromatic rings. The Kier molecular flexibility index (Phi) is 4.88. The van der Waals surface area contributed by atoms with Crippen molar-refractivity contribution in [1.29, 1.82) is 0 Å². The van der Waals surface area contributed by atoms with Gasteiger partial charge in [-0.2, -0.15) is 0 Å². The maximum atomic E-state index is 13.9. The van der Waals surface area contributed by atoms with Crippen LogP contribution in [0, 0.1) is 12.7 Å². The van der Waals surface area contributed by atoms with Gasteiger partial charge in [-0.1, -0.05) is 31.5 Å². The predicted molar refractivity (Wildman–Crippen MR) is 75.1 cm³/mol. The van der Waals surface area contributed by atoms with Crippen molar-refractivity contribution in [2.45, 2.75) is 46.2 Å². The summed E-state index contributed by atoms with van der Waals surface area (Å²) < 4.78 is 13.9. The second kappa shape index (κ2) is 5.81. The van der Waals surface area contributed by atoms with Crippen molar-refractivity contribution in [1.82, 2.24) is 4.90 Å². The van der Waals surface area contributed by atoms with Gasteiger partial charge in [-0.15, -0.1) is 0 Å². The van der Waals surface area contributed by atoms with E-state index in [1.165, 1.54) is 6.07 Å². The van der Waals surface area contributed by atoms with Crippen LogP contribution in [0.5, 0.6) is 0 Å². The monoisotopic (exact) mass is 252 g/mol. The smallest absolute Gasteiger partial charge is 0.128 e. The number of hydrogen-bond acceptors (Lipinski definition) is 2. The van der Waals surface area contributed by atoms with Crippen LogP contribution in [0.25, 0.3) is 0 Å². The Balaban J connectivity index is 3.12.